The number of hydrogen-bond donors (Lipinski definition) is 1. The van der Waals surface area contributed by atoms with Crippen LogP contribution in [-0.2, 0) is 31.6 Å². The standard InChI is InChI=1S/C24H21BrCl2N4O5S/c1-24(11-14-2-4-16(25)5-3-14)22(34)30(19-9-17(26)8-18(27)10-19)23-28-12-20(31(23)24)37(35,36)29-7-6-15(13-29)21(32)33/h2-5,8-10,12,15H,6-7,11,13H2,1H3,(H,32,33). The minimum absolute atomic E-state index is 0.0603. The lowest BCUT2D eigenvalue weighted by Crippen LogP contribution is -2.43. The Morgan fingerprint density at radius 2 is 1.84 bits per heavy atom. The van der Waals surface area contributed by atoms with Gasteiger partial charge in [0.1, 0.15) is 5.54 Å². The quantitative estimate of drug-likeness (QED) is 0.425. The van der Waals surface area contributed by atoms with Crippen LogP contribution in [0, 0.1) is 5.92 Å². The highest BCUT2D eigenvalue weighted by Crippen LogP contribution is 2.45. The molecule has 2 atom stereocenters. The van der Waals surface area contributed by atoms with Crippen LogP contribution in [0.25, 0.3) is 0 Å². The second-order valence-electron chi connectivity index (χ2n) is 9.26. The number of aromatic nitrogens is 2. The zero-order valence-corrected chi connectivity index (χ0v) is 23.4. The topological polar surface area (TPSA) is 113 Å². The summed E-state index contributed by atoms with van der Waals surface area (Å²) < 4.78 is 30.9. The molecule has 13 heteroatoms. The average molecular weight is 628 g/mol. The Balaban J connectivity index is 1.66. The Hall–Kier alpha value is -2.44. The molecule has 0 spiro atoms. The molecule has 3 aromatic rings. The number of fused-ring (bicyclic) bond motifs is 1. The number of sulfonamides is 1. The molecule has 0 bridgehead atoms. The first kappa shape index (κ1) is 26.2. The zero-order valence-electron chi connectivity index (χ0n) is 19.4. The number of carbonyl (C=O) groups is 2. The van der Waals surface area contributed by atoms with Gasteiger partial charge in [0.15, 0.2) is 5.03 Å². The largest absolute Gasteiger partial charge is 0.481 e. The molecule has 1 aromatic heterocycles. The molecule has 2 aliphatic rings. The number of hydrogen-bond acceptors (Lipinski definition) is 5. The Kier molecular flexibility index (Phi) is 6.64. The molecule has 2 aromatic carbocycles. The second kappa shape index (κ2) is 9.39. The van der Waals surface area contributed by atoms with Gasteiger partial charge in [-0.05, 0) is 49.2 Å². The monoisotopic (exact) mass is 626 g/mol. The van der Waals surface area contributed by atoms with Gasteiger partial charge in [0.25, 0.3) is 15.9 Å². The fraction of sp³-hybridized carbons (Fsp3) is 0.292. The van der Waals surface area contributed by atoms with Gasteiger partial charge in [0, 0.05) is 34.0 Å². The maximum atomic E-state index is 14.1. The number of nitrogens with zero attached hydrogens (tertiary/aromatic N) is 4. The third kappa shape index (κ3) is 4.46. The van der Waals surface area contributed by atoms with Gasteiger partial charge in [-0.25, -0.2) is 18.3 Å². The number of carboxylic acid groups (broad SMARTS) is 1. The van der Waals surface area contributed by atoms with Crippen molar-refractivity contribution in [1.82, 2.24) is 13.9 Å². The highest BCUT2D eigenvalue weighted by molar-refractivity contribution is 9.10. The van der Waals surface area contributed by atoms with Crippen molar-refractivity contribution in [2.45, 2.75) is 30.3 Å². The normalized spacial score (nSPS) is 22.0. The summed E-state index contributed by atoms with van der Waals surface area (Å²) in [7, 11) is -4.17. The minimum atomic E-state index is -4.17. The molecule has 0 saturated carbocycles. The lowest BCUT2D eigenvalue weighted by atomic mass is 9.92. The molecule has 0 aliphatic carbocycles. The number of aliphatic carboxylic acids is 1. The maximum Gasteiger partial charge on any atom is 0.307 e. The fourth-order valence-electron chi connectivity index (χ4n) is 4.89. The van der Waals surface area contributed by atoms with Gasteiger partial charge in [-0.3, -0.25) is 14.2 Å². The van der Waals surface area contributed by atoms with Crippen molar-refractivity contribution >= 4 is 72.7 Å². The molecule has 2 aliphatic heterocycles. The van der Waals surface area contributed by atoms with E-state index in [9.17, 15) is 23.1 Å². The Bertz CT molecular complexity index is 1510. The summed E-state index contributed by atoms with van der Waals surface area (Å²) in [5.74, 6) is -2.14. The van der Waals surface area contributed by atoms with Crippen LogP contribution in [0.1, 0.15) is 18.9 Å². The fourth-order valence-corrected chi connectivity index (χ4v) is 7.36. The Morgan fingerprint density at radius 3 is 2.43 bits per heavy atom. The molecule has 3 heterocycles. The van der Waals surface area contributed by atoms with Crippen LogP contribution in [0.3, 0.4) is 0 Å². The predicted molar refractivity (Wildman–Crippen MR) is 142 cm³/mol. The van der Waals surface area contributed by atoms with E-state index in [1.54, 1.807) is 19.1 Å². The number of rotatable bonds is 6. The summed E-state index contributed by atoms with van der Waals surface area (Å²) in [5, 5.41) is 9.80. The number of anilines is 2. The second-order valence-corrected chi connectivity index (χ2v) is 12.9. The maximum absolute atomic E-state index is 14.1. The van der Waals surface area contributed by atoms with E-state index in [1.807, 2.05) is 24.3 Å². The molecule has 1 amide bonds. The van der Waals surface area contributed by atoms with E-state index in [4.69, 9.17) is 23.2 Å². The molecule has 0 radical (unpaired) electrons. The third-order valence-corrected chi connectivity index (χ3v) is 9.53. The van der Waals surface area contributed by atoms with Gasteiger partial charge in [0.2, 0.25) is 5.95 Å². The molecule has 9 nitrogen and oxygen atoms in total. The smallest absolute Gasteiger partial charge is 0.307 e. The number of carboxylic acids is 1. The van der Waals surface area contributed by atoms with Crippen molar-refractivity contribution in [3.05, 3.63) is 68.7 Å². The van der Waals surface area contributed by atoms with Crippen LogP contribution in [0.5, 0.6) is 0 Å². The lowest BCUT2D eigenvalue weighted by molar-refractivity contribution is -0.141. The van der Waals surface area contributed by atoms with Crippen molar-refractivity contribution in [2.24, 2.45) is 5.92 Å². The summed E-state index contributed by atoms with van der Waals surface area (Å²) in [6.45, 7) is 1.58. The van der Waals surface area contributed by atoms with Crippen LogP contribution < -0.4 is 4.90 Å². The number of imidazole rings is 1. The number of amides is 1. The van der Waals surface area contributed by atoms with Gasteiger partial charge >= 0.3 is 5.97 Å². The van der Waals surface area contributed by atoms with Crippen LogP contribution in [-0.4, -0.2) is 52.3 Å². The summed E-state index contributed by atoms with van der Waals surface area (Å²) in [5.41, 5.74) is -0.215. The lowest BCUT2D eigenvalue weighted by Gasteiger charge is -2.27. The van der Waals surface area contributed by atoms with Gasteiger partial charge < -0.3 is 5.11 Å². The molecule has 37 heavy (non-hydrogen) atoms. The summed E-state index contributed by atoms with van der Waals surface area (Å²) in [4.78, 5) is 31.2. The van der Waals surface area contributed by atoms with Crippen molar-refractivity contribution in [3.63, 3.8) is 0 Å². The van der Waals surface area contributed by atoms with Crippen molar-refractivity contribution in [3.8, 4) is 0 Å². The van der Waals surface area contributed by atoms with E-state index in [2.05, 4.69) is 20.9 Å². The molecule has 1 fully saturated rings. The van der Waals surface area contributed by atoms with Gasteiger partial charge in [0.05, 0.1) is 17.8 Å². The van der Waals surface area contributed by atoms with E-state index in [-0.39, 0.29) is 36.9 Å². The van der Waals surface area contributed by atoms with E-state index < -0.39 is 33.4 Å². The summed E-state index contributed by atoms with van der Waals surface area (Å²) in [6, 6.07) is 12.0. The zero-order chi connectivity index (χ0) is 26.7. The van der Waals surface area contributed by atoms with Crippen molar-refractivity contribution < 1.29 is 23.1 Å². The van der Waals surface area contributed by atoms with Crippen LogP contribution in [0.2, 0.25) is 10.0 Å². The molecule has 5 rings (SSSR count). The number of carbonyl (C=O) groups excluding carboxylic acids is 1. The van der Waals surface area contributed by atoms with Gasteiger partial charge in [-0.2, -0.15) is 4.31 Å². The first-order chi connectivity index (χ1) is 17.4. The molecular weight excluding hydrogens is 607 g/mol. The van der Waals surface area contributed by atoms with Crippen LogP contribution >= 0.6 is 39.1 Å². The highest BCUT2D eigenvalue weighted by Gasteiger charge is 2.52. The van der Waals surface area contributed by atoms with Crippen LogP contribution in [0.15, 0.2) is 58.2 Å². The molecular formula is C24H21BrCl2N4O5S. The van der Waals surface area contributed by atoms with E-state index in [0.717, 1.165) is 14.3 Å². The highest BCUT2D eigenvalue weighted by atomic mass is 79.9. The van der Waals surface area contributed by atoms with E-state index in [0.29, 0.717) is 15.7 Å². The number of halogens is 3. The third-order valence-electron chi connectivity index (χ3n) is 6.74. The SMILES string of the molecule is CC1(Cc2ccc(Br)cc2)C(=O)N(c2cc(Cl)cc(Cl)c2)c2ncc(S(=O)(=O)N3CCC(C(=O)O)C3)n21. The first-order valence-corrected chi connectivity index (χ1v) is 14.3. The minimum Gasteiger partial charge on any atom is -0.481 e. The summed E-state index contributed by atoms with van der Waals surface area (Å²) >= 11 is 15.8. The van der Waals surface area contributed by atoms with Crippen molar-refractivity contribution in [2.75, 3.05) is 18.0 Å². The van der Waals surface area contributed by atoms with E-state index >= 15 is 0 Å². The Morgan fingerprint density at radius 1 is 1.19 bits per heavy atom. The molecule has 1 N–H and O–H groups in total. The molecule has 2 unspecified atom stereocenters. The molecule has 194 valence electrons. The predicted octanol–water partition coefficient (Wildman–Crippen LogP) is 4.68. The molecule has 1 saturated heterocycles. The first-order valence-electron chi connectivity index (χ1n) is 11.3. The van der Waals surface area contributed by atoms with E-state index in [1.165, 1.54) is 21.7 Å². The van der Waals surface area contributed by atoms with Crippen molar-refractivity contribution in [1.29, 1.82) is 0 Å². The van der Waals surface area contributed by atoms with Crippen LogP contribution in [0.4, 0.5) is 11.6 Å². The summed E-state index contributed by atoms with van der Waals surface area (Å²) in [6.07, 6.45) is 1.59. The Labute approximate surface area is 231 Å². The number of benzene rings is 2. The average Bonchev–Trinajstić information content (AvgIpc) is 3.53. The van der Waals surface area contributed by atoms with Gasteiger partial charge in [-0.15, -0.1) is 0 Å². The van der Waals surface area contributed by atoms with Gasteiger partial charge in [-0.1, -0.05) is 51.3 Å².